The van der Waals surface area contributed by atoms with E-state index in [9.17, 15) is 4.79 Å². The molecule has 2 aromatic rings. The second-order valence-electron chi connectivity index (χ2n) is 7.00. The Morgan fingerprint density at radius 1 is 1.32 bits per heavy atom. The van der Waals surface area contributed by atoms with Crippen LogP contribution < -0.4 is 11.1 Å². The van der Waals surface area contributed by atoms with Gasteiger partial charge in [0.25, 0.3) is 0 Å². The second-order valence-corrected chi connectivity index (χ2v) is 7.89. The van der Waals surface area contributed by atoms with Crippen LogP contribution in [0.25, 0.3) is 11.3 Å². The van der Waals surface area contributed by atoms with E-state index in [0.29, 0.717) is 5.13 Å². The van der Waals surface area contributed by atoms with Gasteiger partial charge in [-0.2, -0.15) is 0 Å². The van der Waals surface area contributed by atoms with E-state index in [4.69, 9.17) is 5.73 Å². The van der Waals surface area contributed by atoms with Crippen molar-refractivity contribution in [3.63, 3.8) is 0 Å². The van der Waals surface area contributed by atoms with Crippen LogP contribution in [0, 0.1) is 11.8 Å². The summed E-state index contributed by atoms with van der Waals surface area (Å²) in [6, 6.07) is 7.84. The number of benzene rings is 1. The van der Waals surface area contributed by atoms with Crippen LogP contribution in [0.5, 0.6) is 0 Å². The minimum absolute atomic E-state index is 0.149. The maximum Gasteiger partial charge on any atom is 0.227 e. The lowest BCUT2D eigenvalue weighted by molar-refractivity contribution is -0.121. The van der Waals surface area contributed by atoms with Crippen molar-refractivity contribution in [1.82, 2.24) is 4.98 Å². The normalized spacial score (nSPS) is 20.4. The number of nitrogen functional groups attached to an aromatic ring is 1. The first-order chi connectivity index (χ1) is 12.2. The lowest BCUT2D eigenvalue weighted by atomic mass is 9.79. The van der Waals surface area contributed by atoms with Gasteiger partial charge in [-0.1, -0.05) is 38.3 Å². The van der Waals surface area contributed by atoms with Gasteiger partial charge in [-0.15, -0.1) is 11.3 Å². The first-order valence-corrected chi connectivity index (χ1v) is 10.2. The highest BCUT2D eigenvalue weighted by Gasteiger charge is 2.26. The fourth-order valence-corrected chi connectivity index (χ4v) is 4.20. The maximum atomic E-state index is 12.6. The predicted molar refractivity (Wildman–Crippen MR) is 106 cm³/mol. The van der Waals surface area contributed by atoms with E-state index in [1.807, 2.05) is 29.6 Å². The fraction of sp³-hybridized carbons (Fsp3) is 0.500. The van der Waals surface area contributed by atoms with Gasteiger partial charge in [-0.05, 0) is 43.7 Å². The van der Waals surface area contributed by atoms with Crippen molar-refractivity contribution in [2.45, 2.75) is 51.9 Å². The van der Waals surface area contributed by atoms with Crippen molar-refractivity contribution in [3.8, 4) is 11.3 Å². The zero-order valence-electron chi connectivity index (χ0n) is 14.8. The molecule has 0 atom stereocenters. The molecule has 3 N–H and O–H groups in total. The number of carbonyl (C=O) groups is 1. The van der Waals surface area contributed by atoms with Crippen molar-refractivity contribution < 1.29 is 4.79 Å². The molecule has 1 aromatic carbocycles. The molecule has 1 fully saturated rings. The van der Waals surface area contributed by atoms with Crippen LogP contribution in [0.4, 0.5) is 10.8 Å². The van der Waals surface area contributed by atoms with Gasteiger partial charge in [0.05, 0.1) is 5.69 Å². The van der Waals surface area contributed by atoms with Crippen LogP contribution in [0.15, 0.2) is 29.6 Å². The second kappa shape index (κ2) is 8.48. The number of nitrogens with zero attached hydrogens (tertiary/aromatic N) is 1. The molecular formula is C20H27N3OS. The molecule has 1 aliphatic carbocycles. The SMILES string of the molecule is CCCCC1CCC(C(=O)Nc2cccc(-c3csc(N)n3)c2)CC1. The molecule has 0 radical (unpaired) electrons. The highest BCUT2D eigenvalue weighted by Crippen LogP contribution is 2.33. The van der Waals surface area contributed by atoms with Gasteiger partial charge in [-0.25, -0.2) is 4.98 Å². The summed E-state index contributed by atoms with van der Waals surface area (Å²) in [7, 11) is 0. The molecule has 1 amide bonds. The third-order valence-corrected chi connectivity index (χ3v) is 5.81. The number of anilines is 2. The molecule has 25 heavy (non-hydrogen) atoms. The lowest BCUT2D eigenvalue weighted by Gasteiger charge is -2.27. The van der Waals surface area contributed by atoms with Crippen molar-refractivity contribution in [2.24, 2.45) is 11.8 Å². The Labute approximate surface area is 153 Å². The van der Waals surface area contributed by atoms with Gasteiger partial charge in [0.2, 0.25) is 5.91 Å². The van der Waals surface area contributed by atoms with Gasteiger partial charge >= 0.3 is 0 Å². The third-order valence-electron chi connectivity index (χ3n) is 5.13. The Hall–Kier alpha value is -1.88. The van der Waals surface area contributed by atoms with E-state index in [2.05, 4.69) is 17.2 Å². The number of thiazole rings is 1. The molecule has 3 rings (SSSR count). The number of nitrogens with one attached hydrogen (secondary N) is 1. The fourth-order valence-electron chi connectivity index (χ4n) is 3.63. The molecular weight excluding hydrogens is 330 g/mol. The average Bonchev–Trinajstić information content (AvgIpc) is 3.07. The molecule has 1 aliphatic rings. The molecule has 0 bridgehead atoms. The number of rotatable bonds is 6. The summed E-state index contributed by atoms with van der Waals surface area (Å²) in [6.45, 7) is 2.24. The summed E-state index contributed by atoms with van der Waals surface area (Å²) >= 11 is 1.43. The number of hydrogen-bond acceptors (Lipinski definition) is 4. The van der Waals surface area contributed by atoms with Crippen molar-refractivity contribution in [1.29, 1.82) is 0 Å². The Balaban J connectivity index is 1.57. The van der Waals surface area contributed by atoms with Crippen molar-refractivity contribution in [2.75, 3.05) is 11.1 Å². The molecule has 0 unspecified atom stereocenters. The van der Waals surface area contributed by atoms with E-state index in [1.54, 1.807) is 0 Å². The molecule has 1 heterocycles. The van der Waals surface area contributed by atoms with E-state index in [-0.39, 0.29) is 11.8 Å². The molecule has 1 aromatic heterocycles. The van der Waals surface area contributed by atoms with E-state index < -0.39 is 0 Å². The molecule has 0 aliphatic heterocycles. The van der Waals surface area contributed by atoms with Gasteiger partial charge in [0, 0.05) is 22.5 Å². The number of aromatic nitrogens is 1. The summed E-state index contributed by atoms with van der Waals surface area (Å²) in [5.41, 5.74) is 8.38. The number of hydrogen-bond donors (Lipinski definition) is 2. The number of carbonyl (C=O) groups excluding carboxylic acids is 1. The summed E-state index contributed by atoms with van der Waals surface area (Å²) in [5, 5.41) is 5.59. The molecule has 4 nitrogen and oxygen atoms in total. The maximum absolute atomic E-state index is 12.6. The van der Waals surface area contributed by atoms with Crippen molar-refractivity contribution in [3.05, 3.63) is 29.6 Å². The van der Waals surface area contributed by atoms with Crippen LogP contribution >= 0.6 is 11.3 Å². The van der Waals surface area contributed by atoms with Crippen LogP contribution in [-0.2, 0) is 4.79 Å². The van der Waals surface area contributed by atoms with E-state index in [0.717, 1.165) is 35.7 Å². The Morgan fingerprint density at radius 2 is 2.12 bits per heavy atom. The zero-order chi connectivity index (χ0) is 17.6. The summed E-state index contributed by atoms with van der Waals surface area (Å²) in [5.74, 6) is 1.13. The summed E-state index contributed by atoms with van der Waals surface area (Å²) in [4.78, 5) is 16.9. The molecule has 0 spiro atoms. The quantitative estimate of drug-likeness (QED) is 0.734. The van der Waals surface area contributed by atoms with E-state index >= 15 is 0 Å². The Kier molecular flexibility index (Phi) is 6.08. The first kappa shape index (κ1) is 17.9. The smallest absolute Gasteiger partial charge is 0.227 e. The Morgan fingerprint density at radius 3 is 2.80 bits per heavy atom. The largest absolute Gasteiger partial charge is 0.375 e. The third kappa shape index (κ3) is 4.82. The predicted octanol–water partition coefficient (Wildman–Crippen LogP) is 5.33. The van der Waals surface area contributed by atoms with Crippen LogP contribution in [0.1, 0.15) is 51.9 Å². The lowest BCUT2D eigenvalue weighted by Crippen LogP contribution is -2.27. The number of unbranched alkanes of at least 4 members (excludes halogenated alkanes) is 1. The van der Waals surface area contributed by atoms with Gasteiger partial charge in [0.1, 0.15) is 0 Å². The standard InChI is InChI=1S/C20H27N3OS/c1-2-3-5-14-8-10-15(11-9-14)19(24)22-17-7-4-6-16(12-17)18-13-25-20(21)23-18/h4,6-7,12-15H,2-3,5,8-11H2,1H3,(H2,21,23)(H,22,24). The van der Waals surface area contributed by atoms with Crippen LogP contribution in [-0.4, -0.2) is 10.9 Å². The molecule has 5 heteroatoms. The number of nitrogens with two attached hydrogens (primary N) is 1. The highest BCUT2D eigenvalue weighted by molar-refractivity contribution is 7.13. The average molecular weight is 358 g/mol. The highest BCUT2D eigenvalue weighted by atomic mass is 32.1. The zero-order valence-corrected chi connectivity index (χ0v) is 15.6. The van der Waals surface area contributed by atoms with Gasteiger partial charge in [0.15, 0.2) is 5.13 Å². The van der Waals surface area contributed by atoms with Gasteiger partial charge < -0.3 is 11.1 Å². The van der Waals surface area contributed by atoms with E-state index in [1.165, 1.54) is 43.4 Å². The Bertz CT molecular complexity index is 704. The molecule has 1 saturated carbocycles. The minimum atomic E-state index is 0.149. The molecule has 0 saturated heterocycles. The first-order valence-electron chi connectivity index (χ1n) is 9.28. The minimum Gasteiger partial charge on any atom is -0.375 e. The summed E-state index contributed by atoms with van der Waals surface area (Å²) < 4.78 is 0. The van der Waals surface area contributed by atoms with Crippen LogP contribution in [0.3, 0.4) is 0 Å². The topological polar surface area (TPSA) is 68.0 Å². The monoisotopic (exact) mass is 357 g/mol. The van der Waals surface area contributed by atoms with Crippen LogP contribution in [0.2, 0.25) is 0 Å². The van der Waals surface area contributed by atoms with Crippen molar-refractivity contribution >= 4 is 28.1 Å². The number of amides is 1. The van der Waals surface area contributed by atoms with Gasteiger partial charge in [-0.3, -0.25) is 4.79 Å². The molecule has 134 valence electrons. The summed E-state index contributed by atoms with van der Waals surface area (Å²) in [6.07, 6.45) is 8.32.